The van der Waals surface area contributed by atoms with Crippen LogP contribution in [0.5, 0.6) is 0 Å². The summed E-state index contributed by atoms with van der Waals surface area (Å²) in [6.45, 7) is 6.04. The van der Waals surface area contributed by atoms with E-state index >= 15 is 0 Å². The third-order valence-corrected chi connectivity index (χ3v) is 4.09. The maximum atomic E-state index is 12.7. The fourth-order valence-electron chi connectivity index (χ4n) is 2.75. The fraction of sp³-hybridized carbons (Fsp3) is 0.588. The normalized spacial score (nSPS) is 18.0. The van der Waals surface area contributed by atoms with E-state index in [1.807, 2.05) is 48.2 Å². The molecule has 0 bridgehead atoms. The van der Waals surface area contributed by atoms with Crippen LogP contribution in [-0.4, -0.2) is 50.1 Å². The van der Waals surface area contributed by atoms with Crippen molar-refractivity contribution in [2.24, 2.45) is 0 Å². The number of anilines is 1. The summed E-state index contributed by atoms with van der Waals surface area (Å²) in [7, 11) is 4.01. The molecule has 1 fully saturated rings. The van der Waals surface area contributed by atoms with Gasteiger partial charge in [-0.1, -0.05) is 0 Å². The standard InChI is InChI=1S/C17H27N3O/c1-13(2)20(12-15-6-5-11-18-15)17(21)14-7-9-16(10-8-14)19(3)4/h7-10,13,15,18H,5-6,11-12H2,1-4H3. The first-order valence-corrected chi connectivity index (χ1v) is 7.80. The van der Waals surface area contributed by atoms with Gasteiger partial charge in [-0.25, -0.2) is 0 Å². The Morgan fingerprint density at radius 2 is 1.95 bits per heavy atom. The molecule has 0 spiro atoms. The zero-order chi connectivity index (χ0) is 15.4. The van der Waals surface area contributed by atoms with Crippen molar-refractivity contribution in [1.82, 2.24) is 10.2 Å². The van der Waals surface area contributed by atoms with E-state index in [1.165, 1.54) is 6.42 Å². The van der Waals surface area contributed by atoms with Gasteiger partial charge in [0.15, 0.2) is 0 Å². The maximum absolute atomic E-state index is 12.7. The highest BCUT2D eigenvalue weighted by molar-refractivity contribution is 5.94. The lowest BCUT2D eigenvalue weighted by Crippen LogP contribution is -2.44. The van der Waals surface area contributed by atoms with Gasteiger partial charge in [-0.15, -0.1) is 0 Å². The van der Waals surface area contributed by atoms with E-state index in [9.17, 15) is 4.79 Å². The van der Waals surface area contributed by atoms with E-state index in [0.717, 1.165) is 30.8 Å². The highest BCUT2D eigenvalue weighted by Crippen LogP contribution is 2.16. The van der Waals surface area contributed by atoms with E-state index in [0.29, 0.717) is 6.04 Å². The first kappa shape index (κ1) is 15.8. The number of hydrogen-bond acceptors (Lipinski definition) is 3. The molecule has 0 saturated carbocycles. The second kappa shape index (κ2) is 6.94. The van der Waals surface area contributed by atoms with E-state index in [2.05, 4.69) is 19.2 Å². The minimum Gasteiger partial charge on any atom is -0.378 e. The van der Waals surface area contributed by atoms with Crippen LogP contribution in [0.4, 0.5) is 5.69 Å². The fourth-order valence-corrected chi connectivity index (χ4v) is 2.75. The molecule has 0 radical (unpaired) electrons. The van der Waals surface area contributed by atoms with Crippen LogP contribution in [0.15, 0.2) is 24.3 Å². The predicted molar refractivity (Wildman–Crippen MR) is 88.0 cm³/mol. The topological polar surface area (TPSA) is 35.6 Å². The largest absolute Gasteiger partial charge is 0.378 e. The van der Waals surface area contributed by atoms with Crippen LogP contribution in [0.2, 0.25) is 0 Å². The van der Waals surface area contributed by atoms with Gasteiger partial charge in [-0.2, -0.15) is 0 Å². The molecule has 1 saturated heterocycles. The summed E-state index contributed by atoms with van der Waals surface area (Å²) in [4.78, 5) is 16.8. The lowest BCUT2D eigenvalue weighted by atomic mass is 10.1. The monoisotopic (exact) mass is 289 g/mol. The summed E-state index contributed by atoms with van der Waals surface area (Å²) in [5.41, 5.74) is 1.88. The van der Waals surface area contributed by atoms with Crippen molar-refractivity contribution in [3.8, 4) is 0 Å². The predicted octanol–water partition coefficient (Wildman–Crippen LogP) is 2.36. The van der Waals surface area contributed by atoms with Gasteiger partial charge in [0, 0.05) is 44.0 Å². The van der Waals surface area contributed by atoms with Crippen molar-refractivity contribution in [3.63, 3.8) is 0 Å². The molecule has 4 heteroatoms. The van der Waals surface area contributed by atoms with E-state index < -0.39 is 0 Å². The number of nitrogens with zero attached hydrogens (tertiary/aromatic N) is 2. The Morgan fingerprint density at radius 1 is 1.29 bits per heavy atom. The second-order valence-electron chi connectivity index (χ2n) is 6.29. The van der Waals surface area contributed by atoms with Crippen LogP contribution < -0.4 is 10.2 Å². The third-order valence-electron chi connectivity index (χ3n) is 4.09. The zero-order valence-electron chi connectivity index (χ0n) is 13.6. The van der Waals surface area contributed by atoms with Gasteiger partial charge < -0.3 is 15.1 Å². The maximum Gasteiger partial charge on any atom is 0.254 e. The molecule has 0 aliphatic carbocycles. The lowest BCUT2D eigenvalue weighted by molar-refractivity contribution is 0.0689. The number of benzene rings is 1. The molecule has 1 atom stereocenters. The number of nitrogens with one attached hydrogen (secondary N) is 1. The van der Waals surface area contributed by atoms with Gasteiger partial charge >= 0.3 is 0 Å². The Balaban J connectivity index is 2.09. The van der Waals surface area contributed by atoms with Crippen molar-refractivity contribution in [2.45, 2.75) is 38.8 Å². The molecule has 1 heterocycles. The first-order chi connectivity index (χ1) is 9.99. The van der Waals surface area contributed by atoms with Gasteiger partial charge in [0.25, 0.3) is 5.91 Å². The highest BCUT2D eigenvalue weighted by Gasteiger charge is 2.24. The van der Waals surface area contributed by atoms with Crippen LogP contribution >= 0.6 is 0 Å². The Bertz CT molecular complexity index is 461. The number of rotatable bonds is 5. The summed E-state index contributed by atoms with van der Waals surface area (Å²) in [6, 6.07) is 8.51. The SMILES string of the molecule is CC(C)N(CC1CCCN1)C(=O)c1ccc(N(C)C)cc1. The summed E-state index contributed by atoms with van der Waals surface area (Å²) in [6.07, 6.45) is 2.37. The van der Waals surface area contributed by atoms with Gasteiger partial charge in [0.05, 0.1) is 0 Å². The Hall–Kier alpha value is -1.55. The number of amides is 1. The molecule has 1 aromatic carbocycles. The molecule has 0 aromatic heterocycles. The summed E-state index contributed by atoms with van der Waals surface area (Å²) < 4.78 is 0. The molecule has 1 aliphatic rings. The Labute approximate surface area is 128 Å². The minimum atomic E-state index is 0.129. The molecule has 21 heavy (non-hydrogen) atoms. The quantitative estimate of drug-likeness (QED) is 0.904. The number of carbonyl (C=O) groups is 1. The van der Waals surface area contributed by atoms with Crippen molar-refractivity contribution in [2.75, 3.05) is 32.1 Å². The summed E-state index contributed by atoms with van der Waals surface area (Å²) in [5, 5.41) is 3.47. The van der Waals surface area contributed by atoms with Crippen LogP contribution in [-0.2, 0) is 0 Å². The Morgan fingerprint density at radius 3 is 2.43 bits per heavy atom. The molecule has 116 valence electrons. The van der Waals surface area contributed by atoms with Crippen LogP contribution in [0.1, 0.15) is 37.0 Å². The van der Waals surface area contributed by atoms with E-state index in [4.69, 9.17) is 0 Å². The summed E-state index contributed by atoms with van der Waals surface area (Å²) >= 11 is 0. The lowest BCUT2D eigenvalue weighted by Gasteiger charge is -2.29. The third kappa shape index (κ3) is 3.97. The van der Waals surface area contributed by atoms with Crippen molar-refractivity contribution < 1.29 is 4.79 Å². The molecule has 2 rings (SSSR count). The van der Waals surface area contributed by atoms with Gasteiger partial charge in [0.1, 0.15) is 0 Å². The number of hydrogen-bond donors (Lipinski definition) is 1. The number of carbonyl (C=O) groups excluding carboxylic acids is 1. The molecule has 1 N–H and O–H groups in total. The average Bonchev–Trinajstić information content (AvgIpc) is 2.97. The van der Waals surface area contributed by atoms with E-state index in [1.54, 1.807) is 0 Å². The van der Waals surface area contributed by atoms with Crippen molar-refractivity contribution >= 4 is 11.6 Å². The van der Waals surface area contributed by atoms with Gasteiger partial charge in [-0.05, 0) is 57.5 Å². The second-order valence-corrected chi connectivity index (χ2v) is 6.29. The van der Waals surface area contributed by atoms with Crippen LogP contribution in [0.3, 0.4) is 0 Å². The van der Waals surface area contributed by atoms with Gasteiger partial charge in [-0.3, -0.25) is 4.79 Å². The molecule has 1 aliphatic heterocycles. The molecule has 1 unspecified atom stereocenters. The molecular formula is C17H27N3O. The zero-order valence-corrected chi connectivity index (χ0v) is 13.6. The smallest absolute Gasteiger partial charge is 0.254 e. The van der Waals surface area contributed by atoms with Crippen molar-refractivity contribution in [1.29, 1.82) is 0 Å². The molecule has 4 nitrogen and oxygen atoms in total. The molecule has 1 aromatic rings. The average molecular weight is 289 g/mol. The van der Waals surface area contributed by atoms with E-state index in [-0.39, 0.29) is 11.9 Å². The molecule has 1 amide bonds. The van der Waals surface area contributed by atoms with Crippen LogP contribution in [0.25, 0.3) is 0 Å². The summed E-state index contributed by atoms with van der Waals surface area (Å²) in [5.74, 6) is 0.129. The Kier molecular flexibility index (Phi) is 5.23. The molecular weight excluding hydrogens is 262 g/mol. The minimum absolute atomic E-state index is 0.129. The van der Waals surface area contributed by atoms with Crippen LogP contribution in [0, 0.1) is 0 Å². The van der Waals surface area contributed by atoms with Gasteiger partial charge in [0.2, 0.25) is 0 Å². The highest BCUT2D eigenvalue weighted by atomic mass is 16.2. The van der Waals surface area contributed by atoms with Crippen molar-refractivity contribution in [3.05, 3.63) is 29.8 Å². The first-order valence-electron chi connectivity index (χ1n) is 7.80.